The minimum atomic E-state index is 0.119. The highest BCUT2D eigenvalue weighted by molar-refractivity contribution is 5.97. The van der Waals surface area contributed by atoms with Crippen LogP contribution in [-0.4, -0.2) is 5.78 Å². The third-order valence-corrected chi connectivity index (χ3v) is 4.86. The number of carbonyl (C=O) groups excluding carboxylic acids is 1. The number of rotatable bonds is 2. The van der Waals surface area contributed by atoms with Crippen LogP contribution in [0.25, 0.3) is 0 Å². The van der Waals surface area contributed by atoms with Gasteiger partial charge in [0.2, 0.25) is 0 Å². The van der Waals surface area contributed by atoms with Gasteiger partial charge < -0.3 is 0 Å². The number of fused-ring (bicyclic) bond motifs is 1. The highest BCUT2D eigenvalue weighted by Gasteiger charge is 2.49. The summed E-state index contributed by atoms with van der Waals surface area (Å²) in [5.41, 5.74) is 2.37. The lowest BCUT2D eigenvalue weighted by molar-refractivity contribution is -0.122. The summed E-state index contributed by atoms with van der Waals surface area (Å²) in [6.07, 6.45) is 6.99. The van der Waals surface area contributed by atoms with Crippen LogP contribution in [-0.2, 0) is 4.79 Å². The molecule has 2 rings (SSSR count). The van der Waals surface area contributed by atoms with E-state index in [1.54, 1.807) is 0 Å². The number of carbonyl (C=O) groups is 1. The first-order valence-electron chi connectivity index (χ1n) is 6.37. The quantitative estimate of drug-likeness (QED) is 0.507. The Morgan fingerprint density at radius 2 is 2.25 bits per heavy atom. The monoisotopic (exact) mass is 218 g/mol. The summed E-state index contributed by atoms with van der Waals surface area (Å²) in [6.45, 7) is 10.3. The van der Waals surface area contributed by atoms with Crippen molar-refractivity contribution < 1.29 is 4.79 Å². The van der Waals surface area contributed by atoms with E-state index in [2.05, 4.69) is 26.5 Å². The fourth-order valence-corrected chi connectivity index (χ4v) is 3.56. The maximum absolute atomic E-state index is 12.2. The van der Waals surface area contributed by atoms with Crippen molar-refractivity contribution in [2.75, 3.05) is 0 Å². The molecule has 0 saturated heterocycles. The number of allylic oxidation sites excluding steroid dienone is 3. The minimum absolute atomic E-state index is 0.119. The molecule has 3 atom stereocenters. The molecule has 0 bridgehead atoms. The van der Waals surface area contributed by atoms with Gasteiger partial charge in [-0.15, -0.1) is 0 Å². The summed E-state index contributed by atoms with van der Waals surface area (Å²) in [4.78, 5) is 12.2. The Kier molecular flexibility index (Phi) is 2.81. The molecule has 1 fully saturated rings. The molecule has 2 aliphatic carbocycles. The predicted octanol–water partition coefficient (Wildman–Crippen LogP) is 3.90. The molecule has 0 unspecified atom stereocenters. The zero-order chi connectivity index (χ0) is 11.9. The lowest BCUT2D eigenvalue weighted by Gasteiger charge is -2.43. The van der Waals surface area contributed by atoms with E-state index in [-0.39, 0.29) is 17.1 Å². The zero-order valence-electron chi connectivity index (χ0n) is 10.7. The Bertz CT molecular complexity index is 364. The van der Waals surface area contributed by atoms with E-state index in [4.69, 9.17) is 0 Å². The van der Waals surface area contributed by atoms with Gasteiger partial charge >= 0.3 is 0 Å². The van der Waals surface area contributed by atoms with Crippen molar-refractivity contribution in [2.45, 2.75) is 46.5 Å². The van der Waals surface area contributed by atoms with Gasteiger partial charge in [-0.25, -0.2) is 0 Å². The van der Waals surface area contributed by atoms with Crippen LogP contribution < -0.4 is 0 Å². The van der Waals surface area contributed by atoms with Crippen LogP contribution in [0.3, 0.4) is 0 Å². The van der Waals surface area contributed by atoms with Crippen molar-refractivity contribution in [1.29, 1.82) is 0 Å². The molecule has 0 amide bonds. The molecule has 1 nitrogen and oxygen atoms in total. The van der Waals surface area contributed by atoms with Gasteiger partial charge in [0.25, 0.3) is 0 Å². The van der Waals surface area contributed by atoms with Crippen LogP contribution in [0.4, 0.5) is 0 Å². The molecule has 1 saturated carbocycles. The summed E-state index contributed by atoms with van der Waals surface area (Å²) < 4.78 is 0. The standard InChI is InChI=1S/C15H22O/c1-10(2)14(16)13-9-8-12-7-5-6-11(3)15(12,13)4/h8,11,13H,1,5-7,9H2,2-4H3/t11-,13+,15+/m0/s1. The molecule has 0 aliphatic heterocycles. The van der Waals surface area contributed by atoms with Crippen molar-refractivity contribution >= 4 is 5.78 Å². The molecule has 0 radical (unpaired) electrons. The van der Waals surface area contributed by atoms with Crippen molar-refractivity contribution in [2.24, 2.45) is 17.3 Å². The second-order valence-electron chi connectivity index (χ2n) is 5.74. The highest BCUT2D eigenvalue weighted by atomic mass is 16.1. The van der Waals surface area contributed by atoms with Crippen molar-refractivity contribution in [3.05, 3.63) is 23.8 Å². The van der Waals surface area contributed by atoms with Gasteiger partial charge in [-0.3, -0.25) is 4.79 Å². The molecule has 0 spiro atoms. The largest absolute Gasteiger partial charge is 0.294 e. The summed E-state index contributed by atoms with van der Waals surface area (Å²) >= 11 is 0. The van der Waals surface area contributed by atoms with Crippen LogP contribution in [0.15, 0.2) is 23.8 Å². The minimum Gasteiger partial charge on any atom is -0.294 e. The molecule has 0 heterocycles. The van der Waals surface area contributed by atoms with E-state index < -0.39 is 0 Å². The molecule has 1 heteroatoms. The Labute approximate surface area is 98.6 Å². The predicted molar refractivity (Wildman–Crippen MR) is 67.1 cm³/mol. The van der Waals surface area contributed by atoms with Crippen LogP contribution in [0, 0.1) is 17.3 Å². The van der Waals surface area contributed by atoms with Crippen molar-refractivity contribution in [3.8, 4) is 0 Å². The molecule has 88 valence electrons. The average Bonchev–Trinajstić information content (AvgIpc) is 2.57. The fraction of sp³-hybridized carbons (Fsp3) is 0.667. The highest BCUT2D eigenvalue weighted by Crippen LogP contribution is 2.55. The maximum Gasteiger partial charge on any atom is 0.162 e. The first-order valence-corrected chi connectivity index (χ1v) is 6.37. The van der Waals surface area contributed by atoms with E-state index in [9.17, 15) is 4.79 Å². The van der Waals surface area contributed by atoms with E-state index in [0.29, 0.717) is 5.92 Å². The van der Waals surface area contributed by atoms with Crippen LogP contribution in [0.2, 0.25) is 0 Å². The van der Waals surface area contributed by atoms with Crippen molar-refractivity contribution in [3.63, 3.8) is 0 Å². The molecule has 0 N–H and O–H groups in total. The second kappa shape index (κ2) is 3.87. The maximum atomic E-state index is 12.2. The summed E-state index contributed by atoms with van der Waals surface area (Å²) in [5.74, 6) is 1.07. The van der Waals surface area contributed by atoms with Crippen molar-refractivity contribution in [1.82, 2.24) is 0 Å². The van der Waals surface area contributed by atoms with Crippen LogP contribution in [0.1, 0.15) is 46.5 Å². The lowest BCUT2D eigenvalue weighted by Crippen LogP contribution is -2.39. The molecule has 16 heavy (non-hydrogen) atoms. The van der Waals surface area contributed by atoms with Gasteiger partial charge in [0.1, 0.15) is 0 Å². The number of hydrogen-bond donors (Lipinski definition) is 0. The van der Waals surface area contributed by atoms with E-state index in [1.807, 2.05) is 6.92 Å². The third kappa shape index (κ3) is 1.49. The molecule has 0 aromatic rings. The summed E-state index contributed by atoms with van der Waals surface area (Å²) in [6, 6.07) is 0. The van der Waals surface area contributed by atoms with Crippen LogP contribution >= 0.6 is 0 Å². The van der Waals surface area contributed by atoms with E-state index in [0.717, 1.165) is 12.0 Å². The van der Waals surface area contributed by atoms with E-state index in [1.165, 1.54) is 24.8 Å². The molecule has 2 aliphatic rings. The smallest absolute Gasteiger partial charge is 0.162 e. The Morgan fingerprint density at radius 1 is 1.56 bits per heavy atom. The molecular formula is C15H22O. The van der Waals surface area contributed by atoms with Gasteiger partial charge in [-0.1, -0.05) is 32.1 Å². The summed E-state index contributed by atoms with van der Waals surface area (Å²) in [5, 5.41) is 0. The third-order valence-electron chi connectivity index (χ3n) is 4.86. The molecule has 0 aromatic heterocycles. The first-order chi connectivity index (χ1) is 7.48. The zero-order valence-corrected chi connectivity index (χ0v) is 10.7. The Morgan fingerprint density at radius 3 is 2.88 bits per heavy atom. The van der Waals surface area contributed by atoms with Gasteiger partial charge in [0.15, 0.2) is 5.78 Å². The van der Waals surface area contributed by atoms with E-state index >= 15 is 0 Å². The molecule has 0 aromatic carbocycles. The number of hydrogen-bond acceptors (Lipinski definition) is 1. The molecular weight excluding hydrogens is 196 g/mol. The van der Waals surface area contributed by atoms with Crippen LogP contribution in [0.5, 0.6) is 0 Å². The van der Waals surface area contributed by atoms with Gasteiger partial charge in [-0.2, -0.15) is 0 Å². The fourth-order valence-electron chi connectivity index (χ4n) is 3.56. The Balaban J connectivity index is 2.32. The van der Waals surface area contributed by atoms with Gasteiger partial charge in [0, 0.05) is 11.3 Å². The SMILES string of the molecule is C=C(C)C(=O)[C@H]1CC=C2CCC[C@H](C)[C@]21C. The topological polar surface area (TPSA) is 17.1 Å². The van der Waals surface area contributed by atoms with Gasteiger partial charge in [-0.05, 0) is 44.1 Å². The second-order valence-corrected chi connectivity index (χ2v) is 5.74. The lowest BCUT2D eigenvalue weighted by atomic mass is 9.60. The number of Topliss-reactive ketones (excluding diaryl/α,β-unsaturated/α-hetero) is 1. The Hall–Kier alpha value is -0.850. The first kappa shape index (κ1) is 11.6. The average molecular weight is 218 g/mol. The van der Waals surface area contributed by atoms with Gasteiger partial charge in [0.05, 0.1) is 0 Å². The summed E-state index contributed by atoms with van der Waals surface area (Å²) in [7, 11) is 0. The number of ketones is 1. The normalized spacial score (nSPS) is 37.8.